The van der Waals surface area contributed by atoms with Gasteiger partial charge in [0.2, 0.25) is 0 Å². The second-order valence-corrected chi connectivity index (χ2v) is 3.05. The summed E-state index contributed by atoms with van der Waals surface area (Å²) in [5.41, 5.74) is 3.68. The molecule has 0 spiro atoms. The summed E-state index contributed by atoms with van der Waals surface area (Å²) in [5, 5.41) is 3.27. The molecule has 1 aliphatic rings. The molecule has 0 atom stereocenters. The minimum atomic E-state index is 0.977. The van der Waals surface area contributed by atoms with Crippen molar-refractivity contribution >= 4 is 5.57 Å². The van der Waals surface area contributed by atoms with E-state index in [2.05, 4.69) is 28.5 Å². The number of pyridine rings is 1. The summed E-state index contributed by atoms with van der Waals surface area (Å²) in [4.78, 5) is 4.26. The Morgan fingerprint density at radius 1 is 1.42 bits per heavy atom. The van der Waals surface area contributed by atoms with Crippen LogP contribution in [0.5, 0.6) is 0 Å². The second kappa shape index (κ2) is 3.07. The van der Waals surface area contributed by atoms with E-state index in [0.29, 0.717) is 0 Å². The van der Waals surface area contributed by atoms with Gasteiger partial charge in [0.05, 0.1) is 0 Å². The van der Waals surface area contributed by atoms with E-state index in [-0.39, 0.29) is 0 Å². The van der Waals surface area contributed by atoms with E-state index < -0.39 is 0 Å². The van der Waals surface area contributed by atoms with Gasteiger partial charge in [0.1, 0.15) is 0 Å². The van der Waals surface area contributed by atoms with Gasteiger partial charge < -0.3 is 5.32 Å². The Kier molecular flexibility index (Phi) is 1.92. The van der Waals surface area contributed by atoms with Gasteiger partial charge in [0.15, 0.2) is 0 Å². The summed E-state index contributed by atoms with van der Waals surface area (Å²) in [6.07, 6.45) is 4.15. The highest BCUT2D eigenvalue weighted by atomic mass is 14.9. The Balaban J connectivity index is 2.28. The average molecular weight is 160 g/mol. The maximum atomic E-state index is 4.26. The number of aryl methyl sites for hydroxylation is 1. The van der Waals surface area contributed by atoms with Crippen LogP contribution in [0.25, 0.3) is 5.57 Å². The topological polar surface area (TPSA) is 24.9 Å². The lowest BCUT2D eigenvalue weighted by Crippen LogP contribution is -2.07. The average Bonchev–Trinajstić information content (AvgIpc) is 2.58. The summed E-state index contributed by atoms with van der Waals surface area (Å²) in [6.45, 7) is 3.97. The van der Waals surface area contributed by atoms with Gasteiger partial charge in [-0.1, -0.05) is 12.1 Å². The van der Waals surface area contributed by atoms with Gasteiger partial charge in [-0.05, 0) is 24.1 Å². The van der Waals surface area contributed by atoms with Crippen molar-refractivity contribution in [3.05, 3.63) is 35.7 Å². The quantitative estimate of drug-likeness (QED) is 0.671. The van der Waals surface area contributed by atoms with Crippen LogP contribution in [-0.4, -0.2) is 18.1 Å². The number of aromatic nitrogens is 1. The SMILES string of the molecule is Cc1ccc(C2=CCNC2)cn1. The van der Waals surface area contributed by atoms with Crippen LogP contribution in [0.4, 0.5) is 0 Å². The Morgan fingerprint density at radius 3 is 2.92 bits per heavy atom. The van der Waals surface area contributed by atoms with Crippen molar-refractivity contribution in [3.63, 3.8) is 0 Å². The normalized spacial score (nSPS) is 16.2. The monoisotopic (exact) mass is 160 g/mol. The fourth-order valence-electron chi connectivity index (χ4n) is 1.35. The molecule has 1 aromatic heterocycles. The molecule has 0 radical (unpaired) electrons. The molecule has 0 fully saturated rings. The first kappa shape index (κ1) is 7.50. The molecule has 1 N–H and O–H groups in total. The van der Waals surface area contributed by atoms with E-state index >= 15 is 0 Å². The summed E-state index contributed by atoms with van der Waals surface area (Å²) < 4.78 is 0. The molecule has 1 aromatic rings. The Bertz CT molecular complexity index is 298. The number of nitrogens with zero attached hydrogens (tertiary/aromatic N) is 1. The molecule has 0 bridgehead atoms. The predicted octanol–water partition coefficient (Wildman–Crippen LogP) is 1.38. The smallest absolute Gasteiger partial charge is 0.0373 e. The molecular weight excluding hydrogens is 148 g/mol. The van der Waals surface area contributed by atoms with Gasteiger partial charge in [-0.25, -0.2) is 0 Å². The van der Waals surface area contributed by atoms with Crippen LogP contribution in [0.15, 0.2) is 24.4 Å². The molecule has 0 amide bonds. The molecule has 0 aliphatic carbocycles. The molecule has 0 unspecified atom stereocenters. The van der Waals surface area contributed by atoms with Crippen LogP contribution in [0.1, 0.15) is 11.3 Å². The van der Waals surface area contributed by atoms with Crippen LogP contribution >= 0.6 is 0 Å². The number of nitrogens with one attached hydrogen (secondary N) is 1. The maximum absolute atomic E-state index is 4.26. The van der Waals surface area contributed by atoms with E-state index in [1.807, 2.05) is 13.1 Å². The molecule has 2 heteroatoms. The van der Waals surface area contributed by atoms with Crippen molar-refractivity contribution in [2.75, 3.05) is 13.1 Å². The van der Waals surface area contributed by atoms with Crippen molar-refractivity contribution in [2.45, 2.75) is 6.92 Å². The van der Waals surface area contributed by atoms with Crippen molar-refractivity contribution < 1.29 is 0 Å². The number of hydrogen-bond donors (Lipinski definition) is 1. The van der Waals surface area contributed by atoms with E-state index in [0.717, 1.165) is 18.8 Å². The molecular formula is C10H12N2. The van der Waals surface area contributed by atoms with Crippen LogP contribution in [0.3, 0.4) is 0 Å². The zero-order chi connectivity index (χ0) is 8.39. The molecule has 2 rings (SSSR count). The van der Waals surface area contributed by atoms with Gasteiger partial charge in [-0.3, -0.25) is 4.98 Å². The fraction of sp³-hybridized carbons (Fsp3) is 0.300. The highest BCUT2D eigenvalue weighted by Crippen LogP contribution is 2.14. The van der Waals surface area contributed by atoms with Gasteiger partial charge >= 0.3 is 0 Å². The molecule has 12 heavy (non-hydrogen) atoms. The minimum Gasteiger partial charge on any atom is -0.309 e. The Morgan fingerprint density at radius 2 is 2.33 bits per heavy atom. The van der Waals surface area contributed by atoms with E-state index in [1.165, 1.54) is 11.1 Å². The highest BCUT2D eigenvalue weighted by Gasteiger charge is 2.05. The Hall–Kier alpha value is -1.15. The van der Waals surface area contributed by atoms with Crippen LogP contribution in [0.2, 0.25) is 0 Å². The number of rotatable bonds is 1. The van der Waals surface area contributed by atoms with Crippen LogP contribution in [0, 0.1) is 6.92 Å². The van der Waals surface area contributed by atoms with Crippen LogP contribution < -0.4 is 5.32 Å². The zero-order valence-corrected chi connectivity index (χ0v) is 7.17. The van der Waals surface area contributed by atoms with Crippen molar-refractivity contribution in [1.82, 2.24) is 10.3 Å². The van der Waals surface area contributed by atoms with E-state index in [9.17, 15) is 0 Å². The third kappa shape index (κ3) is 1.38. The van der Waals surface area contributed by atoms with E-state index in [1.54, 1.807) is 0 Å². The lowest BCUT2D eigenvalue weighted by molar-refractivity contribution is 0.897. The molecule has 0 saturated carbocycles. The molecule has 0 aromatic carbocycles. The number of hydrogen-bond acceptors (Lipinski definition) is 2. The fourth-order valence-corrected chi connectivity index (χ4v) is 1.35. The summed E-state index contributed by atoms with van der Waals surface area (Å²) >= 11 is 0. The standard InChI is InChI=1S/C10H12N2/c1-8-2-3-9(7-12-8)10-4-5-11-6-10/h2-4,7,11H,5-6H2,1H3. The first-order valence-corrected chi connectivity index (χ1v) is 4.19. The molecule has 2 heterocycles. The predicted molar refractivity (Wildman–Crippen MR) is 49.8 cm³/mol. The first-order valence-electron chi connectivity index (χ1n) is 4.19. The summed E-state index contributed by atoms with van der Waals surface area (Å²) in [6, 6.07) is 4.18. The van der Waals surface area contributed by atoms with Gasteiger partial charge in [0, 0.05) is 25.0 Å². The minimum absolute atomic E-state index is 0.977. The third-order valence-electron chi connectivity index (χ3n) is 2.09. The first-order chi connectivity index (χ1) is 5.86. The molecule has 1 aliphatic heterocycles. The van der Waals surface area contributed by atoms with Gasteiger partial charge in [-0.2, -0.15) is 0 Å². The molecule has 62 valence electrons. The van der Waals surface area contributed by atoms with Gasteiger partial charge in [-0.15, -0.1) is 0 Å². The maximum Gasteiger partial charge on any atom is 0.0373 e. The largest absolute Gasteiger partial charge is 0.309 e. The lowest BCUT2D eigenvalue weighted by atomic mass is 10.1. The second-order valence-electron chi connectivity index (χ2n) is 3.05. The van der Waals surface area contributed by atoms with Crippen molar-refractivity contribution in [1.29, 1.82) is 0 Å². The van der Waals surface area contributed by atoms with E-state index in [4.69, 9.17) is 0 Å². The van der Waals surface area contributed by atoms with Crippen molar-refractivity contribution in [2.24, 2.45) is 0 Å². The Labute approximate surface area is 72.3 Å². The third-order valence-corrected chi connectivity index (χ3v) is 2.09. The zero-order valence-electron chi connectivity index (χ0n) is 7.17. The van der Waals surface area contributed by atoms with Crippen LogP contribution in [-0.2, 0) is 0 Å². The summed E-state index contributed by atoms with van der Waals surface area (Å²) in [5.74, 6) is 0. The molecule has 2 nitrogen and oxygen atoms in total. The summed E-state index contributed by atoms with van der Waals surface area (Å²) in [7, 11) is 0. The lowest BCUT2D eigenvalue weighted by Gasteiger charge is -2.00. The van der Waals surface area contributed by atoms with Gasteiger partial charge in [0.25, 0.3) is 0 Å². The molecule has 0 saturated heterocycles. The highest BCUT2D eigenvalue weighted by molar-refractivity contribution is 5.68. The van der Waals surface area contributed by atoms with Crippen molar-refractivity contribution in [3.8, 4) is 0 Å².